The molecule has 7 aromatic rings. The van der Waals surface area contributed by atoms with Gasteiger partial charge >= 0.3 is 12.4 Å². The molecule has 2 aromatic heterocycles. The second-order valence-corrected chi connectivity index (χ2v) is 19.4. The van der Waals surface area contributed by atoms with Crippen molar-refractivity contribution in [3.63, 3.8) is 0 Å². The van der Waals surface area contributed by atoms with Gasteiger partial charge in [-0.05, 0) is 88.8 Å². The molecule has 3 heterocycles. The molecule has 1 aliphatic rings. The maximum Gasteiger partial charge on any atom is 0.409 e. The Hall–Kier alpha value is -5.28. The minimum absolute atomic E-state index is 0.0177. The number of nitrogens with zero attached hydrogens (tertiary/aromatic N) is 9. The highest BCUT2D eigenvalue weighted by Crippen LogP contribution is 2.58. The summed E-state index contributed by atoms with van der Waals surface area (Å²) in [7, 11) is 0. The van der Waals surface area contributed by atoms with Gasteiger partial charge < -0.3 is 0 Å². The number of thioether (sulfide) groups is 1. The highest BCUT2D eigenvalue weighted by Gasteiger charge is 2.60. The van der Waals surface area contributed by atoms with E-state index in [1.807, 2.05) is 12.1 Å². The Morgan fingerprint density at radius 2 is 1.26 bits per heavy atom. The summed E-state index contributed by atoms with van der Waals surface area (Å²) in [6, 6.07) is 25.7. The van der Waals surface area contributed by atoms with Crippen LogP contribution in [0.2, 0.25) is 30.1 Å². The van der Waals surface area contributed by atoms with Gasteiger partial charge in [0.1, 0.15) is 42.2 Å². The quantitative estimate of drug-likeness (QED) is 0.0536. The first-order valence-corrected chi connectivity index (χ1v) is 23.4. The van der Waals surface area contributed by atoms with Crippen molar-refractivity contribution in [2.75, 3.05) is 0 Å². The van der Waals surface area contributed by atoms with Crippen molar-refractivity contribution in [2.24, 2.45) is 4.40 Å². The van der Waals surface area contributed by atoms with E-state index in [0.717, 1.165) is 24.3 Å². The van der Waals surface area contributed by atoms with E-state index in [1.54, 1.807) is 42.5 Å². The second-order valence-electron chi connectivity index (χ2n) is 14.7. The summed E-state index contributed by atoms with van der Waals surface area (Å²) >= 11 is 37.1. The molecule has 0 unspecified atom stereocenters. The molecule has 0 aliphatic carbocycles. The molecule has 0 saturated carbocycles. The lowest BCUT2D eigenvalue weighted by atomic mass is 9.89. The van der Waals surface area contributed by atoms with Gasteiger partial charge in [0.15, 0.2) is 10.5 Å². The van der Waals surface area contributed by atoms with Crippen LogP contribution in [0.25, 0.3) is 11.4 Å². The fourth-order valence-electron chi connectivity index (χ4n) is 7.00. The molecule has 24 heteroatoms. The number of nitriles is 2. The fourth-order valence-corrected chi connectivity index (χ4v) is 10.4. The Balaban J connectivity index is 0.000000208. The van der Waals surface area contributed by atoms with Crippen molar-refractivity contribution in [1.29, 1.82) is 10.5 Å². The molecule has 1 aliphatic heterocycles. The molecule has 0 fully saturated rings. The van der Waals surface area contributed by atoms with Gasteiger partial charge in [-0.25, -0.2) is 23.7 Å². The Bertz CT molecular complexity index is 3120. The zero-order valence-electron chi connectivity index (χ0n) is 34.4. The number of hydrogen-bond donors (Lipinski definition) is 0. The van der Waals surface area contributed by atoms with Gasteiger partial charge in [-0.3, -0.25) is 4.79 Å². The first-order chi connectivity index (χ1) is 32.7. The monoisotopic (exact) mass is 1090 g/mol. The lowest BCUT2D eigenvalue weighted by molar-refractivity contribution is -0.161. The van der Waals surface area contributed by atoms with Crippen LogP contribution in [-0.4, -0.2) is 53.4 Å². The van der Waals surface area contributed by atoms with E-state index in [0.29, 0.717) is 46.2 Å². The number of benzene rings is 5. The molecule has 0 bridgehead atoms. The van der Waals surface area contributed by atoms with Crippen molar-refractivity contribution in [2.45, 2.75) is 40.4 Å². The third kappa shape index (κ3) is 10.7. The number of carbonyl (C=O) groups excluding carboxylic acids is 1. The molecule has 0 amide bonds. The summed E-state index contributed by atoms with van der Waals surface area (Å²) in [5, 5.41) is 26.5. The summed E-state index contributed by atoms with van der Waals surface area (Å²) in [6.07, 6.45) is -5.65. The summed E-state index contributed by atoms with van der Waals surface area (Å²) in [4.78, 5) is 21.1. The van der Waals surface area contributed by atoms with E-state index in [9.17, 15) is 28.5 Å². The molecule has 0 N–H and O–H groups in total. The maximum absolute atomic E-state index is 15.0. The minimum atomic E-state index is -4.90. The smallest absolute Gasteiger partial charge is 0.294 e. The van der Waals surface area contributed by atoms with Gasteiger partial charge in [0, 0.05) is 24.2 Å². The maximum atomic E-state index is 15.0. The predicted molar refractivity (Wildman–Crippen MR) is 256 cm³/mol. The van der Waals surface area contributed by atoms with Gasteiger partial charge in [0.2, 0.25) is 0 Å². The SMILES string of the molecule is N#Cc1cc(C(=O)C[C@](SCc2ccccc2)(c2cc(Cl)c(Cl)c(Cl)c2)C(F)(F)F)ccc1-n1cncn1.N#Cc1cc(C2=NS[C@@](c3cc(Cl)c(Cl)c(Cl)c3)(C(F)(F)F)C2)ccc1-n1cncn1. The minimum Gasteiger partial charge on any atom is -0.294 e. The molecular formula is C45H25Cl6F6N9OS2. The summed E-state index contributed by atoms with van der Waals surface area (Å²) in [6.45, 7) is 0. The molecule has 5 aromatic carbocycles. The van der Waals surface area contributed by atoms with Gasteiger partial charge in [-0.1, -0.05) is 106 Å². The second kappa shape index (κ2) is 21.0. The number of Topliss-reactive ketones (excluding diaryl/α,β-unsaturated/α-hetero) is 1. The molecule has 69 heavy (non-hydrogen) atoms. The average Bonchev–Trinajstić information content (AvgIpc) is 4.15. The average molecular weight is 1100 g/mol. The number of hydrogen-bond acceptors (Lipinski definition) is 10. The normalized spacial score (nSPS) is 15.6. The molecule has 0 radical (unpaired) electrons. The third-order valence-corrected chi connectivity index (χ3v) is 15.7. The molecule has 8 rings (SSSR count). The first kappa shape index (κ1) is 51.6. The number of rotatable bonds is 11. The Labute approximate surface area is 426 Å². The predicted octanol–water partition coefficient (Wildman–Crippen LogP) is 14.5. The van der Waals surface area contributed by atoms with Crippen LogP contribution in [0.4, 0.5) is 26.3 Å². The van der Waals surface area contributed by atoms with E-state index in [1.165, 1.54) is 58.9 Å². The number of aromatic nitrogens is 6. The number of alkyl halides is 6. The molecule has 2 atom stereocenters. The summed E-state index contributed by atoms with van der Waals surface area (Å²) in [5.41, 5.74) is 1.75. The largest absolute Gasteiger partial charge is 0.409 e. The van der Waals surface area contributed by atoms with Crippen LogP contribution in [0.3, 0.4) is 0 Å². The Morgan fingerprint density at radius 1 is 0.725 bits per heavy atom. The van der Waals surface area contributed by atoms with E-state index < -0.39 is 40.5 Å². The van der Waals surface area contributed by atoms with Crippen LogP contribution < -0.4 is 0 Å². The van der Waals surface area contributed by atoms with Crippen LogP contribution in [0, 0.1) is 22.7 Å². The highest BCUT2D eigenvalue weighted by atomic mass is 35.5. The van der Waals surface area contributed by atoms with Gasteiger partial charge in [0.05, 0.1) is 58.3 Å². The molecule has 0 spiro atoms. The van der Waals surface area contributed by atoms with Gasteiger partial charge in [-0.15, -0.1) is 11.8 Å². The number of carbonyl (C=O) groups is 1. The summed E-state index contributed by atoms with van der Waals surface area (Å²) in [5.74, 6) is -0.882. The number of halogens is 12. The highest BCUT2D eigenvalue weighted by molar-refractivity contribution is 7.99. The molecule has 352 valence electrons. The van der Waals surface area contributed by atoms with E-state index >= 15 is 13.2 Å². The van der Waals surface area contributed by atoms with Gasteiger partial charge in [0.25, 0.3) is 0 Å². The number of ketones is 1. The van der Waals surface area contributed by atoms with Crippen LogP contribution in [0.1, 0.15) is 56.6 Å². The Morgan fingerprint density at radius 3 is 1.77 bits per heavy atom. The zero-order chi connectivity index (χ0) is 49.9. The van der Waals surface area contributed by atoms with Crippen LogP contribution in [0.15, 0.2) is 121 Å². The van der Waals surface area contributed by atoms with Crippen LogP contribution in [-0.2, 0) is 15.2 Å². The molecular weight excluding hydrogens is 1070 g/mol. The van der Waals surface area contributed by atoms with E-state index in [4.69, 9.17) is 69.6 Å². The Kier molecular flexibility index (Phi) is 15.7. The van der Waals surface area contributed by atoms with Crippen molar-refractivity contribution in [1.82, 2.24) is 29.5 Å². The zero-order valence-corrected chi connectivity index (χ0v) is 40.5. The molecule has 10 nitrogen and oxygen atoms in total. The van der Waals surface area contributed by atoms with Crippen molar-refractivity contribution in [3.8, 4) is 23.5 Å². The topological polar surface area (TPSA) is 138 Å². The fraction of sp³-hybridized carbons (Fsp3) is 0.156. The lowest BCUT2D eigenvalue weighted by Gasteiger charge is -2.36. The van der Waals surface area contributed by atoms with Crippen molar-refractivity contribution >= 4 is 105 Å². The molecule has 0 saturated heterocycles. The first-order valence-electron chi connectivity index (χ1n) is 19.4. The standard InChI is InChI=1S/C26H16Cl3F3N4OS.C19H9Cl3F3N5S/c27-20-9-19(10-21(28)24(20)29)25(26(30,31)32,38-13-16-4-2-1-3-5-16)11-23(37)17-6-7-22(18(8-17)12-33)36-15-34-14-35-36;20-13-4-12(5-14(21)17(13)22)18(19(23,24)25)6-15(29-31-18)10-1-2-16(11(3-10)7-26)30-9-27-8-28-30/h1-10,14-15H,11,13H2;1-5,8-9H,6H2/t25-;18-/m00/s1. The third-order valence-electron chi connectivity index (χ3n) is 10.5. The lowest BCUT2D eigenvalue weighted by Crippen LogP contribution is -2.41. The van der Waals surface area contributed by atoms with Crippen molar-refractivity contribution < 1.29 is 31.1 Å². The van der Waals surface area contributed by atoms with E-state index in [-0.39, 0.29) is 69.4 Å². The van der Waals surface area contributed by atoms with Crippen molar-refractivity contribution in [3.05, 3.63) is 185 Å². The van der Waals surface area contributed by atoms with Crippen LogP contribution >= 0.6 is 93.3 Å². The van der Waals surface area contributed by atoms with Gasteiger partial charge in [-0.2, -0.15) is 47.1 Å². The van der Waals surface area contributed by atoms with E-state index in [2.05, 4.69) is 24.6 Å². The van der Waals surface area contributed by atoms with Crippen LogP contribution in [0.5, 0.6) is 0 Å². The summed E-state index contributed by atoms with van der Waals surface area (Å²) < 4.78 is 89.6.